The van der Waals surface area contributed by atoms with Gasteiger partial charge in [-0.15, -0.1) is 0 Å². The fraction of sp³-hybridized carbons (Fsp3) is 0.125. The highest BCUT2D eigenvalue weighted by atomic mass is 35.5. The summed E-state index contributed by atoms with van der Waals surface area (Å²) in [5, 5.41) is 2.47. The number of nitrogens with one attached hydrogen (secondary N) is 1. The first-order valence-corrected chi connectivity index (χ1v) is 6.97. The van der Waals surface area contributed by atoms with Gasteiger partial charge in [0.15, 0.2) is 0 Å². The van der Waals surface area contributed by atoms with Crippen LogP contribution in [0.15, 0.2) is 42.5 Å². The average molecular weight is 340 g/mol. The topological polar surface area (TPSA) is 55.4 Å². The first-order valence-electron chi connectivity index (χ1n) is 6.59. The average Bonchev–Trinajstić information content (AvgIpc) is 2.53. The number of rotatable bonds is 5. The van der Waals surface area contributed by atoms with Gasteiger partial charge in [-0.05, 0) is 36.4 Å². The van der Waals surface area contributed by atoms with E-state index in [-0.39, 0.29) is 22.8 Å². The highest BCUT2D eigenvalue weighted by molar-refractivity contribution is 6.31. The number of amides is 1. The van der Waals surface area contributed by atoms with Gasteiger partial charge in [-0.2, -0.15) is 0 Å². The largest absolute Gasteiger partial charge is 0.459 e. The predicted molar refractivity (Wildman–Crippen MR) is 79.9 cm³/mol. The summed E-state index contributed by atoms with van der Waals surface area (Å²) >= 11 is 5.80. The molecule has 23 heavy (non-hydrogen) atoms. The summed E-state index contributed by atoms with van der Waals surface area (Å²) in [6.45, 7) is -0.737. The smallest absolute Gasteiger partial charge is 0.325 e. The Kier molecular flexibility index (Phi) is 5.65. The lowest BCUT2D eigenvalue weighted by atomic mass is 10.2. The second-order valence-corrected chi connectivity index (χ2v) is 4.96. The van der Waals surface area contributed by atoms with Gasteiger partial charge in [0.1, 0.15) is 24.8 Å². The van der Waals surface area contributed by atoms with E-state index in [1.54, 1.807) is 0 Å². The van der Waals surface area contributed by atoms with Crippen LogP contribution in [0.1, 0.15) is 15.9 Å². The zero-order valence-corrected chi connectivity index (χ0v) is 12.6. The molecule has 4 nitrogen and oxygen atoms in total. The molecule has 0 aliphatic heterocycles. The summed E-state index contributed by atoms with van der Waals surface area (Å²) in [6, 6.07) is 8.95. The fourth-order valence-electron chi connectivity index (χ4n) is 1.73. The van der Waals surface area contributed by atoms with Crippen molar-refractivity contribution in [3.63, 3.8) is 0 Å². The molecule has 1 amide bonds. The van der Waals surface area contributed by atoms with Crippen LogP contribution in [0.4, 0.5) is 8.78 Å². The van der Waals surface area contributed by atoms with Gasteiger partial charge in [0, 0.05) is 11.1 Å². The molecule has 0 unspecified atom stereocenters. The number of carbonyl (C=O) groups is 2. The summed E-state index contributed by atoms with van der Waals surface area (Å²) in [5.74, 6) is -2.35. The SMILES string of the molecule is O=C(CNC(=O)c1ccc(F)cc1)OCc1c(F)cccc1Cl. The standard InChI is InChI=1S/C16H12ClF2NO3/c17-13-2-1-3-14(19)12(13)9-23-15(21)8-20-16(22)10-4-6-11(18)7-5-10/h1-7H,8-9H2,(H,20,22). The molecule has 0 atom stereocenters. The quantitative estimate of drug-likeness (QED) is 0.852. The molecular weight excluding hydrogens is 328 g/mol. The van der Waals surface area contributed by atoms with Gasteiger partial charge in [0.25, 0.3) is 5.91 Å². The fourth-order valence-corrected chi connectivity index (χ4v) is 1.95. The second kappa shape index (κ2) is 7.69. The maximum absolute atomic E-state index is 13.5. The number of esters is 1. The maximum Gasteiger partial charge on any atom is 0.325 e. The Hall–Kier alpha value is -2.47. The first-order chi connectivity index (χ1) is 11.0. The lowest BCUT2D eigenvalue weighted by molar-refractivity contribution is -0.143. The molecule has 120 valence electrons. The third-order valence-electron chi connectivity index (χ3n) is 2.94. The van der Waals surface area contributed by atoms with Crippen molar-refractivity contribution < 1.29 is 23.1 Å². The van der Waals surface area contributed by atoms with Gasteiger partial charge in [0.05, 0.1) is 5.02 Å². The molecule has 0 radical (unpaired) electrons. The van der Waals surface area contributed by atoms with E-state index in [0.29, 0.717) is 0 Å². The van der Waals surface area contributed by atoms with Crippen LogP contribution >= 0.6 is 11.6 Å². The molecule has 2 aromatic rings. The van der Waals surface area contributed by atoms with E-state index in [1.165, 1.54) is 30.3 Å². The van der Waals surface area contributed by atoms with Gasteiger partial charge < -0.3 is 10.1 Å². The molecule has 2 aromatic carbocycles. The molecule has 0 heterocycles. The van der Waals surface area contributed by atoms with E-state index in [1.807, 2.05) is 0 Å². The van der Waals surface area contributed by atoms with Crippen LogP contribution in [0.5, 0.6) is 0 Å². The van der Waals surface area contributed by atoms with E-state index >= 15 is 0 Å². The lowest BCUT2D eigenvalue weighted by Gasteiger charge is -2.08. The van der Waals surface area contributed by atoms with Gasteiger partial charge in [0.2, 0.25) is 0 Å². The molecule has 0 bridgehead atoms. The summed E-state index contributed by atoms with van der Waals surface area (Å²) in [6.07, 6.45) is 0. The molecule has 0 saturated carbocycles. The van der Waals surface area contributed by atoms with Gasteiger partial charge in [-0.25, -0.2) is 8.78 Å². The third-order valence-corrected chi connectivity index (χ3v) is 3.29. The summed E-state index contributed by atoms with van der Waals surface area (Å²) in [5.41, 5.74) is 0.267. The minimum atomic E-state index is -0.750. The number of benzene rings is 2. The Morgan fingerprint density at radius 3 is 2.43 bits per heavy atom. The number of ether oxygens (including phenoxy) is 1. The lowest BCUT2D eigenvalue weighted by Crippen LogP contribution is -2.30. The van der Waals surface area contributed by atoms with Crippen LogP contribution in [0.2, 0.25) is 5.02 Å². The molecule has 2 rings (SSSR count). The van der Waals surface area contributed by atoms with E-state index in [4.69, 9.17) is 16.3 Å². The molecule has 0 spiro atoms. The van der Waals surface area contributed by atoms with Crippen molar-refractivity contribution in [2.75, 3.05) is 6.54 Å². The Bertz CT molecular complexity index is 700. The number of carbonyl (C=O) groups excluding carboxylic acids is 2. The summed E-state index contributed by atoms with van der Waals surface area (Å²) in [4.78, 5) is 23.3. The monoisotopic (exact) mass is 339 g/mol. The zero-order chi connectivity index (χ0) is 16.8. The normalized spacial score (nSPS) is 10.2. The zero-order valence-electron chi connectivity index (χ0n) is 11.8. The molecule has 0 fully saturated rings. The van der Waals surface area contributed by atoms with Crippen molar-refractivity contribution in [1.82, 2.24) is 5.32 Å². The van der Waals surface area contributed by atoms with Crippen molar-refractivity contribution >= 4 is 23.5 Å². The molecular formula is C16H12ClF2NO3. The third kappa shape index (κ3) is 4.75. The molecule has 1 N–H and O–H groups in total. The van der Waals surface area contributed by atoms with E-state index < -0.39 is 30.1 Å². The van der Waals surface area contributed by atoms with Gasteiger partial charge in [-0.1, -0.05) is 17.7 Å². The van der Waals surface area contributed by atoms with Crippen molar-refractivity contribution in [3.05, 3.63) is 70.2 Å². The Morgan fingerprint density at radius 1 is 1.09 bits per heavy atom. The van der Waals surface area contributed by atoms with Crippen LogP contribution in [0.25, 0.3) is 0 Å². The van der Waals surface area contributed by atoms with Crippen LogP contribution in [-0.2, 0) is 16.1 Å². The molecule has 0 aliphatic rings. The van der Waals surface area contributed by atoms with E-state index in [9.17, 15) is 18.4 Å². The van der Waals surface area contributed by atoms with Crippen LogP contribution in [-0.4, -0.2) is 18.4 Å². The second-order valence-electron chi connectivity index (χ2n) is 4.55. The summed E-state index contributed by atoms with van der Waals surface area (Å²) in [7, 11) is 0. The number of hydrogen-bond acceptors (Lipinski definition) is 3. The Labute approximate surface area is 136 Å². The Balaban J connectivity index is 1.83. The predicted octanol–water partition coefficient (Wildman–Crippen LogP) is 3.09. The molecule has 0 saturated heterocycles. The molecule has 0 aliphatic carbocycles. The van der Waals surface area contributed by atoms with Gasteiger partial charge >= 0.3 is 5.97 Å². The van der Waals surface area contributed by atoms with Gasteiger partial charge in [-0.3, -0.25) is 9.59 Å². The highest BCUT2D eigenvalue weighted by Crippen LogP contribution is 2.19. The maximum atomic E-state index is 13.5. The van der Waals surface area contributed by atoms with Crippen molar-refractivity contribution in [2.45, 2.75) is 6.61 Å². The summed E-state index contributed by atoms with van der Waals surface area (Å²) < 4.78 is 31.1. The van der Waals surface area contributed by atoms with E-state index in [2.05, 4.69) is 5.32 Å². The molecule has 7 heteroatoms. The minimum Gasteiger partial charge on any atom is -0.459 e. The minimum absolute atomic E-state index is 0.0624. The first kappa shape index (κ1) is 16.9. The van der Waals surface area contributed by atoms with Crippen molar-refractivity contribution in [1.29, 1.82) is 0 Å². The van der Waals surface area contributed by atoms with Crippen LogP contribution in [0, 0.1) is 11.6 Å². The van der Waals surface area contributed by atoms with Crippen LogP contribution in [0.3, 0.4) is 0 Å². The molecule has 0 aromatic heterocycles. The van der Waals surface area contributed by atoms with E-state index in [0.717, 1.165) is 12.1 Å². The van der Waals surface area contributed by atoms with Crippen molar-refractivity contribution in [3.8, 4) is 0 Å². The van der Waals surface area contributed by atoms with Crippen molar-refractivity contribution in [2.24, 2.45) is 0 Å². The highest BCUT2D eigenvalue weighted by Gasteiger charge is 2.12. The number of hydrogen-bond donors (Lipinski definition) is 1. The number of halogens is 3. The van der Waals surface area contributed by atoms with Crippen LogP contribution < -0.4 is 5.32 Å². The Morgan fingerprint density at radius 2 is 1.78 bits per heavy atom.